The summed E-state index contributed by atoms with van der Waals surface area (Å²) in [4.78, 5) is 0. The molecule has 0 aliphatic heterocycles. The molecule has 3 heteroatoms. The van der Waals surface area contributed by atoms with Gasteiger partial charge in [0.25, 0.3) is 0 Å². The summed E-state index contributed by atoms with van der Waals surface area (Å²) in [5.74, 6) is 0. The number of nitrogens with one attached hydrogen (secondary N) is 1. The Morgan fingerprint density at radius 3 is 2.47 bits per heavy atom. The smallest absolute Gasteiger partial charge is 0.0615 e. The van der Waals surface area contributed by atoms with Gasteiger partial charge in [0.05, 0.1) is 6.61 Å². The van der Waals surface area contributed by atoms with Gasteiger partial charge in [-0.15, -0.1) is 0 Å². The minimum Gasteiger partial charge on any atom is -0.385 e. The zero-order valence-corrected chi connectivity index (χ0v) is 10.3. The van der Waals surface area contributed by atoms with Crippen LogP contribution in [0.4, 0.5) is 0 Å². The summed E-state index contributed by atoms with van der Waals surface area (Å²) in [6, 6.07) is 0.509. The lowest BCUT2D eigenvalue weighted by atomic mass is 10.0. The molecule has 0 aromatic rings. The van der Waals surface area contributed by atoms with Crippen LogP contribution >= 0.6 is 0 Å². The lowest BCUT2D eigenvalue weighted by molar-refractivity contribution is 0.150. The molecule has 1 aliphatic rings. The normalized spacial score (nSPS) is 20.2. The second kappa shape index (κ2) is 6.46. The van der Waals surface area contributed by atoms with Crippen molar-refractivity contribution in [3.8, 4) is 0 Å². The maximum atomic E-state index is 5.17. The van der Waals surface area contributed by atoms with Crippen LogP contribution in [0.2, 0.25) is 0 Å². The molecule has 3 nitrogen and oxygen atoms in total. The number of ether oxygens (including phenoxy) is 2. The van der Waals surface area contributed by atoms with Crippen LogP contribution < -0.4 is 5.32 Å². The molecule has 0 radical (unpaired) electrons. The first-order valence-electron chi connectivity index (χ1n) is 5.97. The molecule has 0 aromatic carbocycles. The first kappa shape index (κ1) is 12.9. The molecule has 1 fully saturated rings. The van der Waals surface area contributed by atoms with Crippen LogP contribution in [-0.4, -0.2) is 40.0 Å². The van der Waals surface area contributed by atoms with Crippen molar-refractivity contribution in [2.75, 3.05) is 34.0 Å². The van der Waals surface area contributed by atoms with Gasteiger partial charge in [0.1, 0.15) is 0 Å². The van der Waals surface area contributed by atoms with E-state index in [0.717, 1.165) is 26.2 Å². The Kier molecular flexibility index (Phi) is 5.58. The largest absolute Gasteiger partial charge is 0.385 e. The third-order valence-corrected chi connectivity index (χ3v) is 3.42. The van der Waals surface area contributed by atoms with Gasteiger partial charge in [-0.2, -0.15) is 0 Å². The Morgan fingerprint density at radius 2 is 2.00 bits per heavy atom. The van der Waals surface area contributed by atoms with Crippen LogP contribution in [0, 0.1) is 5.41 Å². The minimum absolute atomic E-state index is 0.509. The van der Waals surface area contributed by atoms with Crippen LogP contribution in [0.15, 0.2) is 0 Å². The van der Waals surface area contributed by atoms with Crippen LogP contribution in [0.5, 0.6) is 0 Å². The first-order chi connectivity index (χ1) is 7.26. The van der Waals surface area contributed by atoms with Crippen molar-refractivity contribution in [2.24, 2.45) is 5.41 Å². The molecule has 15 heavy (non-hydrogen) atoms. The minimum atomic E-state index is 0.509. The van der Waals surface area contributed by atoms with Gasteiger partial charge in [0.15, 0.2) is 0 Å². The Bertz CT molecular complexity index is 169. The van der Waals surface area contributed by atoms with Gasteiger partial charge >= 0.3 is 0 Å². The molecule has 1 aliphatic carbocycles. The van der Waals surface area contributed by atoms with E-state index in [4.69, 9.17) is 9.47 Å². The lowest BCUT2D eigenvalue weighted by Gasteiger charge is -2.21. The average molecular weight is 215 g/mol. The predicted molar refractivity (Wildman–Crippen MR) is 62.1 cm³/mol. The van der Waals surface area contributed by atoms with Gasteiger partial charge in [-0.25, -0.2) is 0 Å². The van der Waals surface area contributed by atoms with Gasteiger partial charge in [0.2, 0.25) is 0 Å². The third-order valence-electron chi connectivity index (χ3n) is 3.42. The Hall–Kier alpha value is -0.120. The first-order valence-corrected chi connectivity index (χ1v) is 5.97. The molecule has 1 rings (SSSR count). The van der Waals surface area contributed by atoms with Crippen LogP contribution in [0.25, 0.3) is 0 Å². The summed E-state index contributed by atoms with van der Waals surface area (Å²) in [7, 11) is 3.55. The predicted octanol–water partition coefficient (Wildman–Crippen LogP) is 1.82. The molecule has 0 heterocycles. The van der Waals surface area contributed by atoms with Crippen LogP contribution in [-0.2, 0) is 9.47 Å². The maximum absolute atomic E-state index is 5.17. The molecular weight excluding hydrogens is 190 g/mol. The number of rotatable bonds is 9. The number of hydrogen-bond donors (Lipinski definition) is 1. The van der Waals surface area contributed by atoms with E-state index in [1.165, 1.54) is 19.3 Å². The highest BCUT2D eigenvalue weighted by Crippen LogP contribution is 2.48. The highest BCUT2D eigenvalue weighted by molar-refractivity contribution is 4.95. The second-order valence-electron chi connectivity index (χ2n) is 4.68. The molecule has 0 spiro atoms. The average Bonchev–Trinajstić information content (AvgIpc) is 3.02. The maximum Gasteiger partial charge on any atom is 0.0615 e. The topological polar surface area (TPSA) is 30.5 Å². The number of methoxy groups -OCH3 is 2. The molecule has 90 valence electrons. The molecule has 1 atom stereocenters. The zero-order chi connectivity index (χ0) is 11.1. The van der Waals surface area contributed by atoms with E-state index in [9.17, 15) is 0 Å². The Labute approximate surface area is 93.5 Å². The van der Waals surface area contributed by atoms with Crippen LogP contribution in [0.3, 0.4) is 0 Å². The summed E-state index contributed by atoms with van der Waals surface area (Å²) >= 11 is 0. The van der Waals surface area contributed by atoms with E-state index < -0.39 is 0 Å². The summed E-state index contributed by atoms with van der Waals surface area (Å²) < 4.78 is 10.3. The lowest BCUT2D eigenvalue weighted by Crippen LogP contribution is -2.37. The van der Waals surface area contributed by atoms with Crippen molar-refractivity contribution >= 4 is 0 Å². The summed E-state index contributed by atoms with van der Waals surface area (Å²) in [5, 5.41) is 3.60. The van der Waals surface area contributed by atoms with Crippen molar-refractivity contribution in [2.45, 2.75) is 38.6 Å². The van der Waals surface area contributed by atoms with E-state index in [1.54, 1.807) is 14.2 Å². The van der Waals surface area contributed by atoms with Crippen molar-refractivity contribution in [1.82, 2.24) is 5.32 Å². The fourth-order valence-corrected chi connectivity index (χ4v) is 1.89. The van der Waals surface area contributed by atoms with Crippen molar-refractivity contribution in [3.63, 3.8) is 0 Å². The molecule has 1 N–H and O–H groups in total. The summed E-state index contributed by atoms with van der Waals surface area (Å²) in [5.41, 5.74) is 0.539. The van der Waals surface area contributed by atoms with E-state index in [0.29, 0.717) is 11.5 Å². The van der Waals surface area contributed by atoms with E-state index in [1.807, 2.05) is 0 Å². The summed E-state index contributed by atoms with van der Waals surface area (Å²) in [6.07, 6.45) is 5.04. The van der Waals surface area contributed by atoms with Gasteiger partial charge in [0, 0.05) is 33.4 Å². The van der Waals surface area contributed by atoms with Crippen molar-refractivity contribution < 1.29 is 9.47 Å². The highest BCUT2D eigenvalue weighted by atomic mass is 16.5. The van der Waals surface area contributed by atoms with Crippen molar-refractivity contribution in [1.29, 1.82) is 0 Å². The molecule has 0 saturated heterocycles. The second-order valence-corrected chi connectivity index (χ2v) is 4.68. The van der Waals surface area contributed by atoms with Crippen LogP contribution in [0.1, 0.15) is 32.6 Å². The van der Waals surface area contributed by atoms with E-state index >= 15 is 0 Å². The van der Waals surface area contributed by atoms with Gasteiger partial charge in [-0.3, -0.25) is 0 Å². The third kappa shape index (κ3) is 4.49. The molecule has 0 bridgehead atoms. The standard InChI is InChI=1S/C12H25NO2/c1-4-11(9-15-3)13-10-12(5-6-12)7-8-14-2/h11,13H,4-10H2,1-3H3. The SMILES string of the molecule is CCC(COC)NCC1(CCOC)CC1. The van der Waals surface area contributed by atoms with Crippen molar-refractivity contribution in [3.05, 3.63) is 0 Å². The summed E-state index contributed by atoms with van der Waals surface area (Å²) in [6.45, 7) is 5.03. The number of hydrogen-bond acceptors (Lipinski definition) is 3. The zero-order valence-electron chi connectivity index (χ0n) is 10.3. The molecule has 1 unspecified atom stereocenters. The Morgan fingerprint density at radius 1 is 1.27 bits per heavy atom. The van der Waals surface area contributed by atoms with Gasteiger partial charge in [-0.05, 0) is 31.1 Å². The van der Waals surface area contributed by atoms with E-state index in [2.05, 4.69) is 12.2 Å². The molecule has 0 amide bonds. The molecule has 1 saturated carbocycles. The monoisotopic (exact) mass is 215 g/mol. The quantitative estimate of drug-likeness (QED) is 0.636. The van der Waals surface area contributed by atoms with Gasteiger partial charge in [-0.1, -0.05) is 6.92 Å². The van der Waals surface area contributed by atoms with Gasteiger partial charge < -0.3 is 14.8 Å². The fourth-order valence-electron chi connectivity index (χ4n) is 1.89. The fraction of sp³-hybridized carbons (Fsp3) is 1.00. The van der Waals surface area contributed by atoms with E-state index in [-0.39, 0.29) is 0 Å². The molecular formula is C12H25NO2. The molecule has 0 aromatic heterocycles. The Balaban J connectivity index is 2.17. The highest BCUT2D eigenvalue weighted by Gasteiger charge is 2.41.